The maximum atomic E-state index is 13.2. The summed E-state index contributed by atoms with van der Waals surface area (Å²) in [4.78, 5) is 35.1. The summed E-state index contributed by atoms with van der Waals surface area (Å²) in [6.45, 7) is 3.37. The van der Waals surface area contributed by atoms with Gasteiger partial charge in [0.15, 0.2) is 0 Å². The van der Waals surface area contributed by atoms with Crippen LogP contribution in [0.2, 0.25) is 0 Å². The molecule has 1 aromatic carbocycles. The van der Waals surface area contributed by atoms with Gasteiger partial charge in [0.2, 0.25) is 11.8 Å². The molecule has 152 valence electrons. The third kappa shape index (κ3) is 4.45. The van der Waals surface area contributed by atoms with Crippen LogP contribution < -0.4 is 4.90 Å². The Hall–Kier alpha value is -2.80. The second kappa shape index (κ2) is 8.69. The number of nitrogens with zero attached hydrogens (tertiary/aromatic N) is 4. The van der Waals surface area contributed by atoms with E-state index in [0.29, 0.717) is 39.0 Å². The number of aryl methyl sites for hydroxylation is 1. The first-order valence-electron chi connectivity index (χ1n) is 10.1. The normalized spacial score (nSPS) is 20.3. The molecule has 1 unspecified atom stereocenters. The minimum absolute atomic E-state index is 0.0672. The number of halogens is 1. The Morgan fingerprint density at radius 3 is 2.55 bits per heavy atom. The van der Waals surface area contributed by atoms with Crippen molar-refractivity contribution in [1.82, 2.24) is 14.8 Å². The first kappa shape index (κ1) is 19.5. The number of rotatable bonds is 5. The van der Waals surface area contributed by atoms with Crippen LogP contribution in [0.3, 0.4) is 0 Å². The molecule has 2 aliphatic heterocycles. The zero-order valence-electron chi connectivity index (χ0n) is 16.3. The largest absolute Gasteiger partial charge is 0.340 e. The van der Waals surface area contributed by atoms with E-state index in [1.165, 1.54) is 6.07 Å². The fourth-order valence-corrected chi connectivity index (χ4v) is 4.15. The quantitative estimate of drug-likeness (QED) is 0.777. The van der Waals surface area contributed by atoms with E-state index in [1.54, 1.807) is 6.20 Å². The predicted molar refractivity (Wildman–Crippen MR) is 108 cm³/mol. The van der Waals surface area contributed by atoms with Gasteiger partial charge < -0.3 is 9.80 Å². The number of hydrogen-bond acceptors (Lipinski definition) is 4. The Labute approximate surface area is 169 Å². The van der Waals surface area contributed by atoms with Gasteiger partial charge in [-0.2, -0.15) is 0 Å². The van der Waals surface area contributed by atoms with Gasteiger partial charge in [-0.25, -0.2) is 4.39 Å². The maximum Gasteiger partial charge on any atom is 0.244 e. The number of carbonyl (C=O) groups is 2. The van der Waals surface area contributed by atoms with Crippen molar-refractivity contribution < 1.29 is 14.0 Å². The minimum Gasteiger partial charge on any atom is -0.340 e. The number of hydrogen-bond donors (Lipinski definition) is 0. The van der Waals surface area contributed by atoms with Crippen molar-refractivity contribution >= 4 is 17.5 Å². The van der Waals surface area contributed by atoms with Gasteiger partial charge in [-0.3, -0.25) is 19.5 Å². The number of pyridine rings is 1. The fraction of sp³-hybridized carbons (Fsp3) is 0.409. The topological polar surface area (TPSA) is 56.8 Å². The van der Waals surface area contributed by atoms with Crippen LogP contribution in [-0.2, 0) is 16.0 Å². The summed E-state index contributed by atoms with van der Waals surface area (Å²) in [5, 5.41) is 0. The molecule has 2 saturated heterocycles. The van der Waals surface area contributed by atoms with Crippen LogP contribution in [0.25, 0.3) is 0 Å². The smallest absolute Gasteiger partial charge is 0.244 e. The van der Waals surface area contributed by atoms with Crippen molar-refractivity contribution in [3.63, 3.8) is 0 Å². The van der Waals surface area contributed by atoms with Crippen molar-refractivity contribution in [3.8, 4) is 0 Å². The fourth-order valence-electron chi connectivity index (χ4n) is 4.15. The molecule has 3 heterocycles. The highest BCUT2D eigenvalue weighted by molar-refractivity contribution is 5.99. The first-order valence-corrected chi connectivity index (χ1v) is 10.1. The standard InChI is InChI=1S/C22H25FN4O2/c23-18-14-17(15-24-16-18)6-7-21(28)26-12-10-25(11-13-26)20-8-9-27(22(20)29)19-4-2-1-3-5-19/h1-5,14-16,20H,6-13H2. The van der Waals surface area contributed by atoms with Gasteiger partial charge in [0.05, 0.1) is 12.2 Å². The number of aromatic nitrogens is 1. The highest BCUT2D eigenvalue weighted by Gasteiger charge is 2.38. The van der Waals surface area contributed by atoms with Gasteiger partial charge in [-0.05, 0) is 36.6 Å². The van der Waals surface area contributed by atoms with Crippen molar-refractivity contribution in [1.29, 1.82) is 0 Å². The van der Waals surface area contributed by atoms with Gasteiger partial charge in [-0.15, -0.1) is 0 Å². The van der Waals surface area contributed by atoms with Crippen LogP contribution in [0.1, 0.15) is 18.4 Å². The SMILES string of the molecule is O=C(CCc1cncc(F)c1)N1CCN(C2CCN(c3ccccc3)C2=O)CC1. The molecule has 2 fully saturated rings. The van der Waals surface area contributed by atoms with Crippen molar-refractivity contribution in [2.75, 3.05) is 37.6 Å². The molecule has 0 N–H and O–H groups in total. The highest BCUT2D eigenvalue weighted by atomic mass is 19.1. The predicted octanol–water partition coefficient (Wildman–Crippen LogP) is 2.10. The molecule has 2 amide bonds. The minimum atomic E-state index is -0.380. The number of piperazine rings is 1. The lowest BCUT2D eigenvalue weighted by atomic mass is 10.1. The Morgan fingerprint density at radius 2 is 1.83 bits per heavy atom. The van der Waals surface area contributed by atoms with Gasteiger partial charge in [0, 0.05) is 51.0 Å². The van der Waals surface area contributed by atoms with Crippen LogP contribution in [0.4, 0.5) is 10.1 Å². The van der Waals surface area contributed by atoms with E-state index >= 15 is 0 Å². The third-order valence-electron chi connectivity index (χ3n) is 5.74. The van der Waals surface area contributed by atoms with Crippen molar-refractivity contribution in [3.05, 3.63) is 60.2 Å². The molecule has 0 spiro atoms. The lowest BCUT2D eigenvalue weighted by molar-refractivity contribution is -0.133. The molecule has 0 aliphatic carbocycles. The van der Waals surface area contributed by atoms with Gasteiger partial charge in [-0.1, -0.05) is 18.2 Å². The lowest BCUT2D eigenvalue weighted by Gasteiger charge is -2.37. The van der Waals surface area contributed by atoms with E-state index in [-0.39, 0.29) is 23.7 Å². The zero-order chi connectivity index (χ0) is 20.2. The molecule has 0 saturated carbocycles. The molecule has 6 nitrogen and oxygen atoms in total. The molecule has 2 aromatic rings. The van der Waals surface area contributed by atoms with Crippen LogP contribution >= 0.6 is 0 Å². The summed E-state index contributed by atoms with van der Waals surface area (Å²) in [6, 6.07) is 11.1. The molecule has 0 radical (unpaired) electrons. The average Bonchev–Trinajstić information content (AvgIpc) is 3.14. The molecule has 0 bridgehead atoms. The summed E-state index contributed by atoms with van der Waals surface area (Å²) >= 11 is 0. The number of carbonyl (C=O) groups excluding carboxylic acids is 2. The lowest BCUT2D eigenvalue weighted by Crippen LogP contribution is -2.53. The van der Waals surface area contributed by atoms with Crippen LogP contribution in [0.15, 0.2) is 48.8 Å². The Kier molecular flexibility index (Phi) is 5.85. The van der Waals surface area contributed by atoms with E-state index in [4.69, 9.17) is 0 Å². The number of amides is 2. The third-order valence-corrected chi connectivity index (χ3v) is 5.74. The molecule has 1 aromatic heterocycles. The molecular formula is C22H25FN4O2. The van der Waals surface area contributed by atoms with Crippen molar-refractivity contribution in [2.24, 2.45) is 0 Å². The Balaban J connectivity index is 1.27. The van der Waals surface area contributed by atoms with Crippen molar-refractivity contribution in [2.45, 2.75) is 25.3 Å². The molecule has 4 rings (SSSR count). The van der Waals surface area contributed by atoms with Crippen LogP contribution in [-0.4, -0.2) is 65.4 Å². The molecule has 1 atom stereocenters. The average molecular weight is 396 g/mol. The summed E-state index contributed by atoms with van der Waals surface area (Å²) < 4.78 is 13.2. The van der Waals surface area contributed by atoms with Gasteiger partial charge in [0.25, 0.3) is 0 Å². The number of anilines is 1. The van der Waals surface area contributed by atoms with Gasteiger partial charge >= 0.3 is 0 Å². The zero-order valence-corrected chi connectivity index (χ0v) is 16.3. The first-order chi connectivity index (χ1) is 14.1. The molecule has 2 aliphatic rings. The highest BCUT2D eigenvalue weighted by Crippen LogP contribution is 2.25. The number of benzene rings is 1. The Morgan fingerprint density at radius 1 is 1.07 bits per heavy atom. The second-order valence-corrected chi connectivity index (χ2v) is 7.56. The summed E-state index contributed by atoms with van der Waals surface area (Å²) in [5.74, 6) is -0.165. The van der Waals surface area contributed by atoms with E-state index in [1.807, 2.05) is 40.1 Å². The second-order valence-electron chi connectivity index (χ2n) is 7.56. The van der Waals surface area contributed by atoms with Crippen LogP contribution in [0, 0.1) is 5.82 Å². The van der Waals surface area contributed by atoms with E-state index in [2.05, 4.69) is 9.88 Å². The molecule has 7 heteroatoms. The van der Waals surface area contributed by atoms with Crippen LogP contribution in [0.5, 0.6) is 0 Å². The summed E-state index contributed by atoms with van der Waals surface area (Å²) in [7, 11) is 0. The monoisotopic (exact) mass is 396 g/mol. The molecular weight excluding hydrogens is 371 g/mol. The maximum absolute atomic E-state index is 13.2. The number of para-hydroxylation sites is 1. The van der Waals surface area contributed by atoms with E-state index < -0.39 is 0 Å². The Bertz CT molecular complexity index is 868. The van der Waals surface area contributed by atoms with E-state index in [0.717, 1.165) is 30.4 Å². The van der Waals surface area contributed by atoms with E-state index in [9.17, 15) is 14.0 Å². The summed E-state index contributed by atoms with van der Waals surface area (Å²) in [5.41, 5.74) is 1.68. The molecule has 29 heavy (non-hydrogen) atoms. The summed E-state index contributed by atoms with van der Waals surface area (Å²) in [6.07, 6.45) is 4.40. The van der Waals surface area contributed by atoms with Gasteiger partial charge in [0.1, 0.15) is 5.82 Å².